The van der Waals surface area contributed by atoms with Crippen LogP contribution in [0.3, 0.4) is 0 Å². The van der Waals surface area contributed by atoms with Crippen LogP contribution in [-0.4, -0.2) is 19.2 Å². The van der Waals surface area contributed by atoms with Crippen LogP contribution in [0, 0.1) is 17.7 Å². The number of rotatable bonds is 7. The van der Waals surface area contributed by atoms with Crippen LogP contribution in [0.5, 0.6) is 5.75 Å². The Hall–Kier alpha value is -0.800. The van der Waals surface area contributed by atoms with Gasteiger partial charge in [0.05, 0.1) is 5.02 Å². The molecular weight excluding hydrogens is 265 g/mol. The average Bonchev–Trinajstić information content (AvgIpc) is 2.32. The van der Waals surface area contributed by atoms with Gasteiger partial charge in [0.2, 0.25) is 0 Å². The number of hydrogen-bond donors (Lipinski definition) is 1. The molecule has 1 N–H and O–H groups in total. The van der Waals surface area contributed by atoms with Crippen molar-refractivity contribution >= 4 is 11.6 Å². The smallest absolute Gasteiger partial charge is 0.142 e. The fraction of sp³-hybridized carbons (Fsp3) is 0.600. The normalized spacial score (nSPS) is 13.1. The molecule has 0 aliphatic carbocycles. The van der Waals surface area contributed by atoms with Crippen LogP contribution in [0.2, 0.25) is 5.02 Å². The molecule has 1 rings (SSSR count). The summed E-state index contributed by atoms with van der Waals surface area (Å²) in [6.07, 6.45) is 0.0419. The second-order valence-electron chi connectivity index (χ2n) is 5.53. The van der Waals surface area contributed by atoms with Crippen molar-refractivity contribution in [3.63, 3.8) is 0 Å². The Labute approximate surface area is 120 Å². The Kier molecular flexibility index (Phi) is 6.59. The summed E-state index contributed by atoms with van der Waals surface area (Å²) in [7, 11) is 0. The predicted molar refractivity (Wildman–Crippen MR) is 78.4 cm³/mol. The molecular formula is C15H23ClFNO. The molecule has 0 saturated heterocycles. The van der Waals surface area contributed by atoms with Gasteiger partial charge in [0.1, 0.15) is 17.7 Å². The van der Waals surface area contributed by atoms with Gasteiger partial charge in [0.25, 0.3) is 0 Å². The molecule has 2 nitrogen and oxygen atoms in total. The lowest BCUT2D eigenvalue weighted by molar-refractivity contribution is 0.148. The highest BCUT2D eigenvalue weighted by Gasteiger charge is 2.15. The van der Waals surface area contributed by atoms with Crippen molar-refractivity contribution in [2.24, 2.45) is 11.8 Å². The first-order valence-corrected chi connectivity index (χ1v) is 7.10. The Bertz CT molecular complexity index is 396. The van der Waals surface area contributed by atoms with E-state index in [1.165, 1.54) is 12.1 Å². The third-order valence-electron chi connectivity index (χ3n) is 2.82. The molecule has 0 aromatic heterocycles. The zero-order chi connectivity index (χ0) is 14.4. The molecule has 1 atom stereocenters. The molecule has 0 spiro atoms. The van der Waals surface area contributed by atoms with Crippen LogP contribution >= 0.6 is 11.6 Å². The maximum atomic E-state index is 13.1. The minimum absolute atomic E-state index is 0.0419. The first kappa shape index (κ1) is 16.3. The van der Waals surface area contributed by atoms with E-state index in [9.17, 15) is 4.39 Å². The Morgan fingerprint density at radius 1 is 1.21 bits per heavy atom. The minimum atomic E-state index is -0.423. The predicted octanol–water partition coefficient (Wildman–Crippen LogP) is 4.13. The number of ether oxygens (including phenoxy) is 1. The lowest BCUT2D eigenvalue weighted by Crippen LogP contribution is -2.36. The van der Waals surface area contributed by atoms with E-state index in [1.54, 1.807) is 6.07 Å². The number of benzene rings is 1. The lowest BCUT2D eigenvalue weighted by atomic mass is 10.1. The Balaban J connectivity index is 2.59. The lowest BCUT2D eigenvalue weighted by Gasteiger charge is -2.23. The van der Waals surface area contributed by atoms with Crippen LogP contribution in [0.15, 0.2) is 18.2 Å². The highest BCUT2D eigenvalue weighted by Crippen LogP contribution is 2.23. The van der Waals surface area contributed by atoms with Crippen molar-refractivity contribution in [2.45, 2.75) is 33.8 Å². The van der Waals surface area contributed by atoms with E-state index in [1.807, 2.05) is 0 Å². The van der Waals surface area contributed by atoms with Crippen molar-refractivity contribution in [1.29, 1.82) is 0 Å². The number of nitrogens with one attached hydrogen (secondary N) is 1. The second kappa shape index (κ2) is 7.71. The summed E-state index contributed by atoms with van der Waals surface area (Å²) in [5.74, 6) is 1.15. The van der Waals surface area contributed by atoms with Gasteiger partial charge < -0.3 is 10.1 Å². The molecule has 108 valence electrons. The SMILES string of the molecule is CC(C)CNCC(Oc1ccc(F)c(Cl)c1)C(C)C. The number of hydrogen-bond acceptors (Lipinski definition) is 2. The standard InChI is InChI=1S/C15H23ClFNO/c1-10(2)8-18-9-15(11(3)4)19-12-5-6-14(17)13(16)7-12/h5-7,10-11,15,18H,8-9H2,1-4H3. The van der Waals surface area contributed by atoms with Gasteiger partial charge >= 0.3 is 0 Å². The molecule has 1 aromatic rings. The van der Waals surface area contributed by atoms with Crippen LogP contribution < -0.4 is 10.1 Å². The van der Waals surface area contributed by atoms with Gasteiger partial charge in [-0.1, -0.05) is 39.3 Å². The van der Waals surface area contributed by atoms with Gasteiger partial charge in [0, 0.05) is 12.6 Å². The largest absolute Gasteiger partial charge is 0.489 e. The van der Waals surface area contributed by atoms with Crippen LogP contribution in [0.4, 0.5) is 4.39 Å². The van der Waals surface area contributed by atoms with Crippen molar-refractivity contribution in [3.8, 4) is 5.75 Å². The highest BCUT2D eigenvalue weighted by molar-refractivity contribution is 6.30. The monoisotopic (exact) mass is 287 g/mol. The molecule has 0 amide bonds. The molecule has 0 radical (unpaired) electrons. The molecule has 0 saturated carbocycles. The van der Waals surface area contributed by atoms with E-state index >= 15 is 0 Å². The van der Waals surface area contributed by atoms with Crippen LogP contribution in [0.1, 0.15) is 27.7 Å². The Morgan fingerprint density at radius 3 is 2.42 bits per heavy atom. The van der Waals surface area contributed by atoms with E-state index in [0.29, 0.717) is 17.6 Å². The molecule has 4 heteroatoms. The van der Waals surface area contributed by atoms with E-state index < -0.39 is 5.82 Å². The highest BCUT2D eigenvalue weighted by atomic mass is 35.5. The number of halogens is 2. The van der Waals surface area contributed by atoms with E-state index in [-0.39, 0.29) is 11.1 Å². The van der Waals surface area contributed by atoms with Crippen molar-refractivity contribution < 1.29 is 9.13 Å². The first-order chi connectivity index (χ1) is 8.90. The summed E-state index contributed by atoms with van der Waals surface area (Å²) < 4.78 is 19.0. The van der Waals surface area contributed by atoms with Gasteiger partial charge in [-0.3, -0.25) is 0 Å². The molecule has 1 aromatic carbocycles. The summed E-state index contributed by atoms with van der Waals surface area (Å²) >= 11 is 5.75. The summed E-state index contributed by atoms with van der Waals surface area (Å²) in [4.78, 5) is 0. The van der Waals surface area contributed by atoms with Gasteiger partial charge in [-0.25, -0.2) is 4.39 Å². The summed E-state index contributed by atoms with van der Waals surface area (Å²) in [6, 6.07) is 4.46. The van der Waals surface area contributed by atoms with E-state index in [4.69, 9.17) is 16.3 Å². The van der Waals surface area contributed by atoms with Crippen LogP contribution in [-0.2, 0) is 0 Å². The summed E-state index contributed by atoms with van der Waals surface area (Å²) in [5.41, 5.74) is 0. The fourth-order valence-corrected chi connectivity index (χ4v) is 1.82. The molecule has 0 heterocycles. The second-order valence-corrected chi connectivity index (χ2v) is 5.94. The average molecular weight is 288 g/mol. The summed E-state index contributed by atoms with van der Waals surface area (Å²) in [5, 5.41) is 3.47. The zero-order valence-electron chi connectivity index (χ0n) is 12.0. The van der Waals surface area contributed by atoms with Gasteiger partial charge in [-0.2, -0.15) is 0 Å². The first-order valence-electron chi connectivity index (χ1n) is 6.72. The van der Waals surface area contributed by atoms with Crippen molar-refractivity contribution in [1.82, 2.24) is 5.32 Å². The fourth-order valence-electron chi connectivity index (χ4n) is 1.65. The maximum absolute atomic E-state index is 13.1. The molecule has 1 unspecified atom stereocenters. The third-order valence-corrected chi connectivity index (χ3v) is 3.11. The van der Waals surface area contributed by atoms with Gasteiger partial charge in [0.15, 0.2) is 0 Å². The maximum Gasteiger partial charge on any atom is 0.142 e. The molecule has 0 bridgehead atoms. The van der Waals surface area contributed by atoms with Gasteiger partial charge in [-0.15, -0.1) is 0 Å². The Morgan fingerprint density at radius 2 is 1.89 bits per heavy atom. The minimum Gasteiger partial charge on any atom is -0.489 e. The molecule has 0 fully saturated rings. The molecule has 0 aliphatic rings. The quantitative estimate of drug-likeness (QED) is 0.814. The van der Waals surface area contributed by atoms with E-state index in [2.05, 4.69) is 33.0 Å². The van der Waals surface area contributed by atoms with E-state index in [0.717, 1.165) is 13.1 Å². The summed E-state index contributed by atoms with van der Waals surface area (Å²) in [6.45, 7) is 10.3. The van der Waals surface area contributed by atoms with Crippen molar-refractivity contribution in [3.05, 3.63) is 29.0 Å². The van der Waals surface area contributed by atoms with Crippen LogP contribution in [0.25, 0.3) is 0 Å². The zero-order valence-corrected chi connectivity index (χ0v) is 12.8. The van der Waals surface area contributed by atoms with Gasteiger partial charge in [-0.05, 0) is 30.5 Å². The van der Waals surface area contributed by atoms with Crippen molar-refractivity contribution in [2.75, 3.05) is 13.1 Å². The molecule has 19 heavy (non-hydrogen) atoms. The topological polar surface area (TPSA) is 21.3 Å². The third kappa shape index (κ3) is 5.79. The molecule has 0 aliphatic heterocycles.